The number of thiophene rings is 1. The van der Waals surface area contributed by atoms with Crippen molar-refractivity contribution in [3.63, 3.8) is 0 Å². The summed E-state index contributed by atoms with van der Waals surface area (Å²) in [5.41, 5.74) is 1.81. The summed E-state index contributed by atoms with van der Waals surface area (Å²) in [6, 6.07) is 12.9. The van der Waals surface area contributed by atoms with E-state index in [1.165, 1.54) is 0 Å². The lowest BCUT2D eigenvalue weighted by molar-refractivity contribution is -0.115. The highest BCUT2D eigenvalue weighted by atomic mass is 35.5. The zero-order valence-electron chi connectivity index (χ0n) is 12.9. The van der Waals surface area contributed by atoms with Crippen molar-refractivity contribution in [3.8, 4) is 0 Å². The number of nitrogens with zero attached hydrogens (tertiary/aromatic N) is 2. The number of carbonyl (C=O) groups excluding carboxylic acids is 1. The van der Waals surface area contributed by atoms with Crippen LogP contribution >= 0.6 is 22.9 Å². The first-order valence-electron chi connectivity index (χ1n) is 7.30. The summed E-state index contributed by atoms with van der Waals surface area (Å²) in [5.74, 6) is 0.889. The normalized spacial score (nSPS) is 10.4. The second-order valence-corrected chi connectivity index (χ2v) is 6.58. The Morgan fingerprint density at radius 1 is 1.12 bits per heavy atom. The van der Waals surface area contributed by atoms with Crippen molar-refractivity contribution in [2.75, 3.05) is 10.6 Å². The van der Waals surface area contributed by atoms with Crippen molar-refractivity contribution < 1.29 is 4.79 Å². The molecule has 0 aliphatic carbocycles. The Labute approximate surface area is 148 Å². The molecule has 0 bridgehead atoms. The predicted molar refractivity (Wildman–Crippen MR) is 98.2 cm³/mol. The van der Waals surface area contributed by atoms with Crippen molar-refractivity contribution >= 4 is 46.2 Å². The Balaban J connectivity index is 1.63. The van der Waals surface area contributed by atoms with E-state index in [0.717, 1.165) is 16.1 Å². The molecule has 7 heteroatoms. The second kappa shape index (κ2) is 7.42. The molecule has 0 unspecified atom stereocenters. The van der Waals surface area contributed by atoms with Crippen LogP contribution in [0.3, 0.4) is 0 Å². The molecule has 5 nitrogen and oxygen atoms in total. The molecule has 122 valence electrons. The molecule has 1 amide bonds. The summed E-state index contributed by atoms with van der Waals surface area (Å²) >= 11 is 7.65. The molecule has 2 aromatic heterocycles. The molecule has 3 aromatic rings. The summed E-state index contributed by atoms with van der Waals surface area (Å²) in [7, 11) is 0. The van der Waals surface area contributed by atoms with Gasteiger partial charge in [0.15, 0.2) is 11.6 Å². The number of hydrogen-bond acceptors (Lipinski definition) is 5. The van der Waals surface area contributed by atoms with Crippen molar-refractivity contribution in [3.05, 3.63) is 63.3 Å². The first-order valence-corrected chi connectivity index (χ1v) is 8.55. The van der Waals surface area contributed by atoms with E-state index in [2.05, 4.69) is 20.8 Å². The molecule has 0 saturated carbocycles. The summed E-state index contributed by atoms with van der Waals surface area (Å²) in [4.78, 5) is 12.9. The molecule has 0 aliphatic rings. The molecule has 0 radical (unpaired) electrons. The van der Waals surface area contributed by atoms with Gasteiger partial charge in [-0.3, -0.25) is 4.79 Å². The SMILES string of the molecule is Cc1c(Cl)cccc1Nc1ccc(NC(=O)Cc2cccs2)nn1. The van der Waals surface area contributed by atoms with Crippen LogP contribution in [0.2, 0.25) is 5.02 Å². The first-order chi connectivity index (χ1) is 11.6. The van der Waals surface area contributed by atoms with Crippen LogP contribution in [0.1, 0.15) is 10.4 Å². The molecule has 0 fully saturated rings. The third kappa shape index (κ3) is 4.10. The van der Waals surface area contributed by atoms with Crippen LogP contribution in [0, 0.1) is 6.92 Å². The van der Waals surface area contributed by atoms with Crippen LogP contribution < -0.4 is 10.6 Å². The minimum Gasteiger partial charge on any atom is -0.338 e. The van der Waals surface area contributed by atoms with E-state index in [4.69, 9.17) is 11.6 Å². The number of carbonyl (C=O) groups is 1. The summed E-state index contributed by atoms with van der Waals surface area (Å²) in [6.45, 7) is 1.93. The Morgan fingerprint density at radius 3 is 2.62 bits per heavy atom. The number of amides is 1. The molecule has 2 N–H and O–H groups in total. The number of nitrogens with one attached hydrogen (secondary N) is 2. The molecule has 0 atom stereocenters. The Kier molecular flexibility index (Phi) is 5.08. The van der Waals surface area contributed by atoms with Crippen LogP contribution in [0.25, 0.3) is 0 Å². The van der Waals surface area contributed by atoms with Crippen LogP contribution in [0.5, 0.6) is 0 Å². The molecular formula is C17H15ClN4OS. The van der Waals surface area contributed by atoms with E-state index >= 15 is 0 Å². The van der Waals surface area contributed by atoms with Gasteiger partial charge in [0.05, 0.1) is 6.42 Å². The van der Waals surface area contributed by atoms with Crippen molar-refractivity contribution in [2.45, 2.75) is 13.3 Å². The summed E-state index contributed by atoms with van der Waals surface area (Å²) in [5, 5.41) is 16.6. The average Bonchev–Trinajstić information content (AvgIpc) is 3.06. The lowest BCUT2D eigenvalue weighted by atomic mass is 10.2. The molecule has 1 aromatic carbocycles. The van der Waals surface area contributed by atoms with Crippen molar-refractivity contribution in [1.29, 1.82) is 0 Å². The second-order valence-electron chi connectivity index (χ2n) is 5.15. The first kappa shape index (κ1) is 16.4. The summed E-state index contributed by atoms with van der Waals surface area (Å²) < 4.78 is 0. The standard InChI is InChI=1S/C17H15ClN4OS/c1-11-13(18)5-2-6-14(11)19-15-7-8-16(22-21-15)20-17(23)10-12-4-3-9-24-12/h2-9H,10H2,1H3,(H,19,21)(H,20,22,23). The maximum absolute atomic E-state index is 11.9. The van der Waals surface area contributed by atoms with Gasteiger partial charge in [0.2, 0.25) is 5.91 Å². The van der Waals surface area contributed by atoms with E-state index in [1.54, 1.807) is 23.5 Å². The van der Waals surface area contributed by atoms with Gasteiger partial charge in [-0.25, -0.2) is 0 Å². The fourth-order valence-electron chi connectivity index (χ4n) is 2.10. The maximum atomic E-state index is 11.9. The smallest absolute Gasteiger partial charge is 0.230 e. The molecule has 0 aliphatic heterocycles. The largest absolute Gasteiger partial charge is 0.338 e. The van der Waals surface area contributed by atoms with E-state index in [-0.39, 0.29) is 5.91 Å². The average molecular weight is 359 g/mol. The van der Waals surface area contributed by atoms with Crippen LogP contribution in [-0.4, -0.2) is 16.1 Å². The fraction of sp³-hybridized carbons (Fsp3) is 0.118. The lowest BCUT2D eigenvalue weighted by Crippen LogP contribution is -2.15. The number of anilines is 3. The van der Waals surface area contributed by atoms with Crippen molar-refractivity contribution in [1.82, 2.24) is 10.2 Å². The quantitative estimate of drug-likeness (QED) is 0.708. The fourth-order valence-corrected chi connectivity index (χ4v) is 2.98. The molecular weight excluding hydrogens is 344 g/mol. The Morgan fingerprint density at radius 2 is 1.92 bits per heavy atom. The summed E-state index contributed by atoms with van der Waals surface area (Å²) in [6.07, 6.45) is 0.334. The maximum Gasteiger partial charge on any atom is 0.230 e. The minimum absolute atomic E-state index is 0.113. The topological polar surface area (TPSA) is 66.9 Å². The zero-order valence-corrected chi connectivity index (χ0v) is 14.5. The van der Waals surface area contributed by atoms with Gasteiger partial charge in [0.25, 0.3) is 0 Å². The predicted octanol–water partition coefficient (Wildman–Crippen LogP) is 4.42. The third-order valence-electron chi connectivity index (χ3n) is 3.38. The van der Waals surface area contributed by atoms with E-state index in [0.29, 0.717) is 23.1 Å². The van der Waals surface area contributed by atoms with Gasteiger partial charge >= 0.3 is 0 Å². The number of benzene rings is 1. The Bertz CT molecular complexity index is 834. The van der Waals surface area contributed by atoms with Crippen molar-refractivity contribution in [2.24, 2.45) is 0 Å². The van der Waals surface area contributed by atoms with E-state index in [9.17, 15) is 4.79 Å². The minimum atomic E-state index is -0.113. The van der Waals surface area contributed by atoms with E-state index < -0.39 is 0 Å². The van der Waals surface area contributed by atoms with Crippen LogP contribution in [0.15, 0.2) is 47.8 Å². The van der Waals surface area contributed by atoms with Gasteiger partial charge in [-0.2, -0.15) is 0 Å². The third-order valence-corrected chi connectivity index (χ3v) is 4.66. The highest BCUT2D eigenvalue weighted by molar-refractivity contribution is 7.10. The number of halogens is 1. The molecule has 24 heavy (non-hydrogen) atoms. The van der Waals surface area contributed by atoms with Gasteiger partial charge in [0.1, 0.15) is 0 Å². The molecule has 3 rings (SSSR count). The monoisotopic (exact) mass is 358 g/mol. The van der Waals surface area contributed by atoms with Gasteiger partial charge in [-0.05, 0) is 48.2 Å². The number of aromatic nitrogens is 2. The van der Waals surface area contributed by atoms with Crippen LogP contribution in [0.4, 0.5) is 17.3 Å². The van der Waals surface area contributed by atoms with Crippen LogP contribution in [-0.2, 0) is 11.2 Å². The highest BCUT2D eigenvalue weighted by Gasteiger charge is 2.07. The zero-order chi connectivity index (χ0) is 16.9. The highest BCUT2D eigenvalue weighted by Crippen LogP contribution is 2.25. The Hall–Kier alpha value is -2.44. The number of hydrogen-bond donors (Lipinski definition) is 2. The molecule has 2 heterocycles. The molecule has 0 spiro atoms. The van der Waals surface area contributed by atoms with Gasteiger partial charge in [0, 0.05) is 15.6 Å². The number of rotatable bonds is 5. The molecule has 0 saturated heterocycles. The van der Waals surface area contributed by atoms with Gasteiger partial charge in [-0.15, -0.1) is 21.5 Å². The van der Waals surface area contributed by atoms with E-state index in [1.807, 2.05) is 42.6 Å². The van der Waals surface area contributed by atoms with Gasteiger partial charge in [-0.1, -0.05) is 23.7 Å². The lowest BCUT2D eigenvalue weighted by Gasteiger charge is -2.10. The van der Waals surface area contributed by atoms with Gasteiger partial charge < -0.3 is 10.6 Å².